The van der Waals surface area contributed by atoms with Gasteiger partial charge in [-0.2, -0.15) is 4.31 Å². The maximum absolute atomic E-state index is 12.7. The predicted octanol–water partition coefficient (Wildman–Crippen LogP) is 3.66. The van der Waals surface area contributed by atoms with Gasteiger partial charge in [-0.25, -0.2) is 8.42 Å². The van der Waals surface area contributed by atoms with E-state index in [1.807, 2.05) is 26.0 Å². The van der Waals surface area contributed by atoms with Crippen LogP contribution in [-0.2, 0) is 21.2 Å². The van der Waals surface area contributed by atoms with E-state index in [2.05, 4.69) is 11.4 Å². The molecule has 1 aliphatic heterocycles. The number of hydrogen-bond acceptors (Lipinski definition) is 3. The van der Waals surface area contributed by atoms with Crippen LogP contribution in [0, 0.1) is 13.8 Å². The van der Waals surface area contributed by atoms with Crippen molar-refractivity contribution in [3.63, 3.8) is 0 Å². The van der Waals surface area contributed by atoms with Crippen molar-refractivity contribution < 1.29 is 13.2 Å². The van der Waals surface area contributed by atoms with Crippen LogP contribution in [0.3, 0.4) is 0 Å². The molecule has 0 aliphatic carbocycles. The van der Waals surface area contributed by atoms with Crippen LogP contribution in [0.2, 0.25) is 0 Å². The quantitative estimate of drug-likeness (QED) is 0.853. The Morgan fingerprint density at radius 2 is 1.56 bits per heavy atom. The summed E-state index contributed by atoms with van der Waals surface area (Å²) in [7, 11) is -3.43. The zero-order valence-corrected chi connectivity index (χ0v) is 16.7. The van der Waals surface area contributed by atoms with Gasteiger partial charge in [0, 0.05) is 18.8 Å². The van der Waals surface area contributed by atoms with E-state index in [1.54, 1.807) is 28.6 Å². The second kappa shape index (κ2) is 8.23. The number of carbonyl (C=O) groups is 1. The highest BCUT2D eigenvalue weighted by Gasteiger charge is 2.25. The molecule has 1 saturated heterocycles. The molecule has 6 heteroatoms. The lowest BCUT2D eigenvalue weighted by atomic mass is 10.1. The smallest absolute Gasteiger partial charge is 0.243 e. The summed E-state index contributed by atoms with van der Waals surface area (Å²) in [6, 6.07) is 12.6. The highest BCUT2D eigenvalue weighted by Crippen LogP contribution is 2.21. The number of hydrogen-bond donors (Lipinski definition) is 1. The molecule has 0 radical (unpaired) electrons. The van der Waals surface area contributed by atoms with Gasteiger partial charge in [-0.1, -0.05) is 24.6 Å². The molecule has 0 bridgehead atoms. The Bertz CT molecular complexity index is 895. The highest BCUT2D eigenvalue weighted by atomic mass is 32.2. The van der Waals surface area contributed by atoms with Crippen LogP contribution in [0.1, 0.15) is 36.0 Å². The van der Waals surface area contributed by atoms with E-state index in [-0.39, 0.29) is 12.3 Å². The van der Waals surface area contributed by atoms with Gasteiger partial charge in [0.2, 0.25) is 15.9 Å². The van der Waals surface area contributed by atoms with Crippen molar-refractivity contribution in [3.05, 3.63) is 59.2 Å². The van der Waals surface area contributed by atoms with Gasteiger partial charge in [0.1, 0.15) is 0 Å². The van der Waals surface area contributed by atoms with Crippen molar-refractivity contribution in [1.29, 1.82) is 0 Å². The highest BCUT2D eigenvalue weighted by molar-refractivity contribution is 7.89. The molecule has 0 aromatic heterocycles. The third-order valence-electron chi connectivity index (χ3n) is 4.75. The first-order valence-electron chi connectivity index (χ1n) is 9.32. The summed E-state index contributed by atoms with van der Waals surface area (Å²) >= 11 is 0. The largest absolute Gasteiger partial charge is 0.326 e. The number of nitrogens with zero attached hydrogens (tertiary/aromatic N) is 1. The summed E-state index contributed by atoms with van der Waals surface area (Å²) in [4.78, 5) is 12.6. The van der Waals surface area contributed by atoms with E-state index in [1.165, 1.54) is 0 Å². The second-order valence-corrected chi connectivity index (χ2v) is 9.15. The van der Waals surface area contributed by atoms with Crippen LogP contribution < -0.4 is 5.32 Å². The van der Waals surface area contributed by atoms with E-state index >= 15 is 0 Å². The Labute approximate surface area is 161 Å². The average Bonchev–Trinajstić information content (AvgIpc) is 2.62. The number of carbonyl (C=O) groups excluding carboxylic acids is 1. The number of anilines is 1. The Morgan fingerprint density at radius 3 is 2.15 bits per heavy atom. The van der Waals surface area contributed by atoms with Crippen LogP contribution in [0.5, 0.6) is 0 Å². The topological polar surface area (TPSA) is 66.5 Å². The Kier molecular flexibility index (Phi) is 5.97. The molecule has 2 aromatic rings. The summed E-state index contributed by atoms with van der Waals surface area (Å²) in [6.45, 7) is 5.15. The maximum Gasteiger partial charge on any atom is 0.243 e. The average molecular weight is 387 g/mol. The third-order valence-corrected chi connectivity index (χ3v) is 6.66. The minimum Gasteiger partial charge on any atom is -0.326 e. The molecule has 5 nitrogen and oxygen atoms in total. The van der Waals surface area contributed by atoms with Crippen molar-refractivity contribution in [1.82, 2.24) is 4.31 Å². The fraction of sp³-hybridized carbons (Fsp3) is 0.381. The predicted molar refractivity (Wildman–Crippen MR) is 107 cm³/mol. The first-order valence-corrected chi connectivity index (χ1v) is 10.8. The molecule has 1 amide bonds. The van der Waals surface area contributed by atoms with Crippen molar-refractivity contribution >= 4 is 21.6 Å². The molecule has 2 aromatic carbocycles. The molecule has 1 N–H and O–H groups in total. The van der Waals surface area contributed by atoms with Gasteiger partial charge in [0.05, 0.1) is 11.3 Å². The van der Waals surface area contributed by atoms with E-state index in [0.717, 1.165) is 41.6 Å². The van der Waals surface area contributed by atoms with Gasteiger partial charge in [-0.3, -0.25) is 4.79 Å². The number of rotatable bonds is 5. The standard InChI is InChI=1S/C21H26N2O3S/c1-16-12-17(2)14-19(13-16)22-21(24)15-18-6-8-20(9-7-18)27(25,26)23-10-4-3-5-11-23/h6-9,12-14H,3-5,10-11,15H2,1-2H3,(H,22,24). The van der Waals surface area contributed by atoms with Crippen molar-refractivity contribution in [2.24, 2.45) is 0 Å². The van der Waals surface area contributed by atoms with E-state index in [9.17, 15) is 13.2 Å². The molecule has 1 heterocycles. The SMILES string of the molecule is Cc1cc(C)cc(NC(=O)Cc2ccc(S(=O)(=O)N3CCCCC3)cc2)c1. The van der Waals surface area contributed by atoms with Crippen LogP contribution >= 0.6 is 0 Å². The van der Waals surface area contributed by atoms with Crippen molar-refractivity contribution in [2.45, 2.75) is 44.4 Å². The number of aryl methyl sites for hydroxylation is 2. The summed E-state index contributed by atoms with van der Waals surface area (Å²) in [5, 5.41) is 2.90. The summed E-state index contributed by atoms with van der Waals surface area (Å²) in [5.41, 5.74) is 3.76. The molecule has 144 valence electrons. The van der Waals surface area contributed by atoms with Crippen LogP contribution in [0.4, 0.5) is 5.69 Å². The lowest BCUT2D eigenvalue weighted by Gasteiger charge is -2.25. The van der Waals surface area contributed by atoms with E-state index in [4.69, 9.17) is 0 Å². The van der Waals surface area contributed by atoms with Gasteiger partial charge in [-0.15, -0.1) is 0 Å². The number of piperidine rings is 1. The van der Waals surface area contributed by atoms with Crippen LogP contribution in [0.25, 0.3) is 0 Å². The molecular weight excluding hydrogens is 360 g/mol. The second-order valence-electron chi connectivity index (χ2n) is 7.21. The van der Waals surface area contributed by atoms with Crippen LogP contribution in [0.15, 0.2) is 47.4 Å². The first kappa shape index (κ1) is 19.6. The van der Waals surface area contributed by atoms with Gasteiger partial charge in [-0.05, 0) is 67.6 Å². The molecule has 1 fully saturated rings. The van der Waals surface area contributed by atoms with Crippen LogP contribution in [-0.4, -0.2) is 31.7 Å². The summed E-state index contributed by atoms with van der Waals surface area (Å²) < 4.78 is 26.9. The Morgan fingerprint density at radius 1 is 0.963 bits per heavy atom. The fourth-order valence-corrected chi connectivity index (χ4v) is 4.99. The minimum absolute atomic E-state index is 0.119. The monoisotopic (exact) mass is 386 g/mol. The van der Waals surface area contributed by atoms with Crippen molar-refractivity contribution in [2.75, 3.05) is 18.4 Å². The third kappa shape index (κ3) is 4.96. The molecule has 0 unspecified atom stereocenters. The molecule has 0 saturated carbocycles. The Balaban J connectivity index is 1.65. The maximum atomic E-state index is 12.7. The molecule has 0 atom stereocenters. The number of nitrogens with one attached hydrogen (secondary N) is 1. The van der Waals surface area contributed by atoms with Crippen molar-refractivity contribution in [3.8, 4) is 0 Å². The number of amides is 1. The summed E-state index contributed by atoms with van der Waals surface area (Å²) in [5.74, 6) is -0.119. The lowest BCUT2D eigenvalue weighted by molar-refractivity contribution is -0.115. The lowest BCUT2D eigenvalue weighted by Crippen LogP contribution is -2.35. The molecule has 27 heavy (non-hydrogen) atoms. The molecule has 1 aliphatic rings. The zero-order valence-electron chi connectivity index (χ0n) is 15.9. The Hall–Kier alpha value is -2.18. The number of sulfonamides is 1. The molecular formula is C21H26N2O3S. The van der Waals surface area contributed by atoms with E-state index < -0.39 is 10.0 Å². The zero-order chi connectivity index (χ0) is 19.4. The summed E-state index contributed by atoms with van der Waals surface area (Å²) in [6.07, 6.45) is 3.11. The molecule has 0 spiro atoms. The molecule has 3 rings (SSSR count). The van der Waals surface area contributed by atoms with Gasteiger partial charge in [0.15, 0.2) is 0 Å². The number of benzene rings is 2. The van der Waals surface area contributed by atoms with Gasteiger partial charge in [0.25, 0.3) is 0 Å². The van der Waals surface area contributed by atoms with Gasteiger partial charge < -0.3 is 5.32 Å². The fourth-order valence-electron chi connectivity index (χ4n) is 3.47. The minimum atomic E-state index is -3.43. The first-order chi connectivity index (χ1) is 12.8. The normalized spacial score (nSPS) is 15.5. The van der Waals surface area contributed by atoms with Gasteiger partial charge >= 0.3 is 0 Å². The van der Waals surface area contributed by atoms with E-state index in [0.29, 0.717) is 18.0 Å².